The van der Waals surface area contributed by atoms with Gasteiger partial charge in [-0.2, -0.15) is 23.5 Å². The van der Waals surface area contributed by atoms with E-state index in [9.17, 15) is 13.2 Å². The molecule has 0 saturated carbocycles. The van der Waals surface area contributed by atoms with Crippen molar-refractivity contribution in [3.63, 3.8) is 0 Å². The first-order chi connectivity index (χ1) is 10.8. The van der Waals surface area contributed by atoms with Crippen LogP contribution in [0.2, 0.25) is 5.02 Å². The molecule has 0 aliphatic heterocycles. The summed E-state index contributed by atoms with van der Waals surface area (Å²) in [5.74, 6) is 0. The molecule has 116 valence electrons. The van der Waals surface area contributed by atoms with Gasteiger partial charge >= 0.3 is 6.18 Å². The van der Waals surface area contributed by atoms with E-state index in [1.54, 1.807) is 24.3 Å². The fourth-order valence-electron chi connectivity index (χ4n) is 2.22. The highest BCUT2D eigenvalue weighted by Crippen LogP contribution is 2.33. The van der Waals surface area contributed by atoms with Gasteiger partial charge in [0.1, 0.15) is 11.6 Å². The van der Waals surface area contributed by atoms with Gasteiger partial charge in [0.05, 0.1) is 11.4 Å². The Morgan fingerprint density at radius 1 is 1.22 bits per heavy atom. The largest absolute Gasteiger partial charge is 0.433 e. The van der Waals surface area contributed by atoms with Crippen LogP contribution in [0.25, 0.3) is 16.9 Å². The Labute approximate surface area is 133 Å². The van der Waals surface area contributed by atoms with Gasteiger partial charge in [-0.05, 0) is 25.1 Å². The molecule has 0 aliphatic carbocycles. The highest BCUT2D eigenvalue weighted by atomic mass is 35.5. The van der Waals surface area contributed by atoms with E-state index < -0.39 is 11.9 Å². The summed E-state index contributed by atoms with van der Waals surface area (Å²) in [5.41, 5.74) is -0.338. The number of hydrogen-bond donors (Lipinski definition) is 0. The first-order valence-corrected chi connectivity index (χ1v) is 6.82. The Morgan fingerprint density at radius 3 is 2.43 bits per heavy atom. The summed E-state index contributed by atoms with van der Waals surface area (Å²) in [6.45, 7) is 1.47. The van der Waals surface area contributed by atoms with Crippen LogP contribution in [0.5, 0.6) is 0 Å². The highest BCUT2D eigenvalue weighted by Gasteiger charge is 2.36. The first-order valence-electron chi connectivity index (χ1n) is 6.45. The lowest BCUT2D eigenvalue weighted by atomic mass is 10.1. The Morgan fingerprint density at radius 2 is 1.87 bits per heavy atom. The molecular formula is C15H8ClF3N4. The molecule has 23 heavy (non-hydrogen) atoms. The number of fused-ring (bicyclic) bond motifs is 1. The van der Waals surface area contributed by atoms with E-state index in [0.29, 0.717) is 15.1 Å². The topological polar surface area (TPSA) is 54.0 Å². The van der Waals surface area contributed by atoms with Gasteiger partial charge in [0.25, 0.3) is 0 Å². The van der Waals surface area contributed by atoms with Crippen LogP contribution in [0.15, 0.2) is 30.3 Å². The van der Waals surface area contributed by atoms with Crippen LogP contribution >= 0.6 is 11.6 Å². The van der Waals surface area contributed by atoms with Crippen molar-refractivity contribution in [2.45, 2.75) is 13.1 Å². The Bertz CT molecular complexity index is 936. The number of halogens is 4. The maximum atomic E-state index is 13.3. The number of aromatic nitrogens is 3. The lowest BCUT2D eigenvalue weighted by Crippen LogP contribution is -2.13. The average Bonchev–Trinajstić information content (AvgIpc) is 2.81. The zero-order chi connectivity index (χ0) is 16.8. The summed E-state index contributed by atoms with van der Waals surface area (Å²) < 4.78 is 40.6. The molecule has 3 aromatic rings. The third-order valence-corrected chi connectivity index (χ3v) is 3.56. The fourth-order valence-corrected chi connectivity index (χ4v) is 2.35. The number of nitrogens with zero attached hydrogens (tertiary/aromatic N) is 4. The molecule has 0 unspecified atom stereocenters. The van der Waals surface area contributed by atoms with E-state index in [2.05, 4.69) is 10.1 Å². The lowest BCUT2D eigenvalue weighted by molar-refractivity contribution is -0.142. The molecule has 2 heterocycles. The number of rotatable bonds is 1. The van der Waals surface area contributed by atoms with E-state index in [1.165, 1.54) is 6.92 Å². The van der Waals surface area contributed by atoms with E-state index in [4.69, 9.17) is 16.9 Å². The molecule has 0 N–H and O–H groups in total. The number of nitriles is 1. The molecule has 0 radical (unpaired) electrons. The maximum absolute atomic E-state index is 13.3. The van der Waals surface area contributed by atoms with Crippen molar-refractivity contribution >= 4 is 17.2 Å². The molecule has 8 heteroatoms. The van der Waals surface area contributed by atoms with E-state index >= 15 is 0 Å². The minimum atomic E-state index is -4.63. The van der Waals surface area contributed by atoms with Crippen molar-refractivity contribution in [2.75, 3.05) is 0 Å². The standard InChI is InChI=1S/C15H8ClF3N4/c1-8-11(7-20)14-21-12(9-2-4-10(16)5-3-9)6-13(15(17,18)19)23(14)22-8/h2-6H,1H3. The predicted molar refractivity (Wildman–Crippen MR) is 77.9 cm³/mol. The summed E-state index contributed by atoms with van der Waals surface area (Å²) in [4.78, 5) is 4.18. The first kappa shape index (κ1) is 15.3. The summed E-state index contributed by atoms with van der Waals surface area (Å²) in [6, 6.07) is 9.01. The lowest BCUT2D eigenvalue weighted by Gasteiger charge is -2.11. The van der Waals surface area contributed by atoms with Gasteiger partial charge in [0.15, 0.2) is 11.3 Å². The third kappa shape index (κ3) is 2.62. The van der Waals surface area contributed by atoms with Gasteiger partial charge in [0, 0.05) is 10.6 Å². The average molecular weight is 337 g/mol. The van der Waals surface area contributed by atoms with Crippen molar-refractivity contribution in [3.8, 4) is 17.3 Å². The van der Waals surface area contributed by atoms with Gasteiger partial charge in [-0.1, -0.05) is 23.7 Å². The predicted octanol–water partition coefficient (Wildman–Crippen LogP) is 4.25. The van der Waals surface area contributed by atoms with Gasteiger partial charge < -0.3 is 0 Å². The maximum Gasteiger partial charge on any atom is 0.433 e. The van der Waals surface area contributed by atoms with E-state index in [-0.39, 0.29) is 22.6 Å². The van der Waals surface area contributed by atoms with E-state index in [1.807, 2.05) is 6.07 Å². The third-order valence-electron chi connectivity index (χ3n) is 3.31. The SMILES string of the molecule is Cc1nn2c(C(F)(F)F)cc(-c3ccc(Cl)cc3)nc2c1C#N. The fraction of sp³-hybridized carbons (Fsp3) is 0.133. The van der Waals surface area contributed by atoms with Crippen LogP contribution in [0.3, 0.4) is 0 Å². The summed E-state index contributed by atoms with van der Waals surface area (Å²) >= 11 is 5.79. The van der Waals surface area contributed by atoms with Crippen molar-refractivity contribution in [2.24, 2.45) is 0 Å². The Hall–Kier alpha value is -2.59. The quantitative estimate of drug-likeness (QED) is 0.667. The molecule has 0 fully saturated rings. The van der Waals surface area contributed by atoms with Gasteiger partial charge in [-0.25, -0.2) is 9.50 Å². The second-order valence-electron chi connectivity index (χ2n) is 4.84. The zero-order valence-corrected chi connectivity index (χ0v) is 12.4. The molecule has 0 spiro atoms. The smallest absolute Gasteiger partial charge is 0.227 e. The molecule has 4 nitrogen and oxygen atoms in total. The zero-order valence-electron chi connectivity index (χ0n) is 11.7. The number of hydrogen-bond acceptors (Lipinski definition) is 3. The van der Waals surface area contributed by atoms with Crippen LogP contribution < -0.4 is 0 Å². The van der Waals surface area contributed by atoms with Gasteiger partial charge in [-0.3, -0.25) is 0 Å². The summed E-state index contributed by atoms with van der Waals surface area (Å²) in [5, 5.41) is 13.4. The molecular weight excluding hydrogens is 329 g/mol. The minimum absolute atomic E-state index is 0.0197. The van der Waals surface area contributed by atoms with Crippen LogP contribution in [0.1, 0.15) is 17.0 Å². The van der Waals surface area contributed by atoms with E-state index in [0.717, 1.165) is 6.07 Å². The van der Waals surface area contributed by atoms with Crippen LogP contribution in [-0.4, -0.2) is 14.6 Å². The number of alkyl halides is 3. The molecule has 0 saturated heterocycles. The highest BCUT2D eigenvalue weighted by molar-refractivity contribution is 6.30. The normalized spacial score (nSPS) is 11.7. The second kappa shape index (κ2) is 5.25. The second-order valence-corrected chi connectivity index (χ2v) is 5.28. The van der Waals surface area contributed by atoms with Crippen molar-refractivity contribution in [3.05, 3.63) is 52.3 Å². The van der Waals surface area contributed by atoms with Crippen LogP contribution in [0, 0.1) is 18.3 Å². The van der Waals surface area contributed by atoms with Crippen molar-refractivity contribution in [1.29, 1.82) is 5.26 Å². The molecule has 0 atom stereocenters. The number of benzene rings is 1. The molecule has 1 aromatic carbocycles. The Balaban J connectivity index is 2.37. The number of aryl methyl sites for hydroxylation is 1. The Kier molecular flexibility index (Phi) is 3.49. The molecule has 2 aromatic heterocycles. The van der Waals surface area contributed by atoms with Gasteiger partial charge in [-0.15, -0.1) is 0 Å². The molecule has 0 amide bonds. The monoisotopic (exact) mass is 336 g/mol. The molecule has 0 bridgehead atoms. The summed E-state index contributed by atoms with van der Waals surface area (Å²) in [6.07, 6.45) is -4.63. The minimum Gasteiger partial charge on any atom is -0.227 e. The van der Waals surface area contributed by atoms with Crippen LogP contribution in [-0.2, 0) is 6.18 Å². The summed E-state index contributed by atoms with van der Waals surface area (Å²) in [7, 11) is 0. The molecule has 3 rings (SSSR count). The van der Waals surface area contributed by atoms with Crippen molar-refractivity contribution < 1.29 is 13.2 Å². The van der Waals surface area contributed by atoms with Crippen LogP contribution in [0.4, 0.5) is 13.2 Å². The van der Waals surface area contributed by atoms with Crippen molar-refractivity contribution in [1.82, 2.24) is 14.6 Å². The molecule has 0 aliphatic rings. The van der Waals surface area contributed by atoms with Gasteiger partial charge in [0.2, 0.25) is 0 Å².